The molecular formula is C16H30N4O2S. The third kappa shape index (κ3) is 5.49. The van der Waals surface area contributed by atoms with E-state index < -0.39 is 5.54 Å². The zero-order chi connectivity index (χ0) is 17.1. The Kier molecular flexibility index (Phi) is 5.73. The summed E-state index contributed by atoms with van der Waals surface area (Å²) in [7, 11) is 0. The second kappa shape index (κ2) is 7.21. The van der Waals surface area contributed by atoms with E-state index in [-0.39, 0.29) is 24.2 Å². The van der Waals surface area contributed by atoms with Crippen LogP contribution in [0.15, 0.2) is 4.99 Å². The third-order valence-electron chi connectivity index (χ3n) is 4.19. The normalized spacial score (nSPS) is 28.8. The van der Waals surface area contributed by atoms with Gasteiger partial charge in [-0.1, -0.05) is 12.8 Å². The third-order valence-corrected chi connectivity index (χ3v) is 4.41. The van der Waals surface area contributed by atoms with Gasteiger partial charge < -0.3 is 25.8 Å². The Hall–Kier alpha value is -1.08. The Morgan fingerprint density at radius 2 is 2.13 bits per heavy atom. The molecule has 2 fully saturated rings. The minimum absolute atomic E-state index is 0.0259. The van der Waals surface area contributed by atoms with E-state index in [0.29, 0.717) is 17.7 Å². The fourth-order valence-corrected chi connectivity index (χ4v) is 3.24. The molecule has 0 unspecified atom stereocenters. The van der Waals surface area contributed by atoms with Crippen LogP contribution in [0, 0.1) is 0 Å². The van der Waals surface area contributed by atoms with Gasteiger partial charge in [-0.2, -0.15) is 0 Å². The molecule has 23 heavy (non-hydrogen) atoms. The van der Waals surface area contributed by atoms with Gasteiger partial charge in [-0.05, 0) is 52.8 Å². The monoisotopic (exact) mass is 342 g/mol. The van der Waals surface area contributed by atoms with Crippen molar-refractivity contribution in [2.75, 3.05) is 13.2 Å². The largest absolute Gasteiger partial charge is 0.463 e. The Morgan fingerprint density at radius 1 is 1.43 bits per heavy atom. The highest BCUT2D eigenvalue weighted by molar-refractivity contribution is 7.80. The molecule has 0 bridgehead atoms. The molecule has 2 rings (SSSR count). The lowest BCUT2D eigenvalue weighted by Crippen LogP contribution is -2.55. The van der Waals surface area contributed by atoms with Gasteiger partial charge in [0.1, 0.15) is 6.61 Å². The second-order valence-electron chi connectivity index (χ2n) is 7.83. The van der Waals surface area contributed by atoms with Crippen molar-refractivity contribution < 1.29 is 9.84 Å². The fourth-order valence-electron chi connectivity index (χ4n) is 2.82. The smallest absolute Gasteiger partial charge is 0.285 e. The van der Waals surface area contributed by atoms with E-state index in [1.165, 1.54) is 12.8 Å². The molecule has 0 aromatic rings. The second-order valence-corrected chi connectivity index (χ2v) is 8.24. The number of aliphatic hydroxyl groups is 1. The number of ether oxygens (including phenoxy) is 1. The summed E-state index contributed by atoms with van der Waals surface area (Å²) in [6.45, 7) is 8.69. The maximum atomic E-state index is 9.34. The molecule has 0 aromatic carbocycles. The SMILES string of the molecule is CC(C)(CO)NC(=S)N[C@@H]1CCCC[C@H]1N=C1NC(C)(C)CO1. The fraction of sp³-hybridized carbons (Fsp3) is 0.875. The number of nitrogens with zero attached hydrogens (tertiary/aromatic N) is 1. The minimum atomic E-state index is -0.430. The van der Waals surface area contributed by atoms with Crippen LogP contribution in [0.25, 0.3) is 0 Å². The number of rotatable bonds is 4. The van der Waals surface area contributed by atoms with Crippen LogP contribution in [0.4, 0.5) is 0 Å². The van der Waals surface area contributed by atoms with Crippen LogP contribution in [-0.2, 0) is 4.74 Å². The summed E-state index contributed by atoms with van der Waals surface area (Å²) in [5.41, 5.74) is -0.487. The van der Waals surface area contributed by atoms with Crippen LogP contribution < -0.4 is 16.0 Å². The van der Waals surface area contributed by atoms with Gasteiger partial charge in [0.05, 0.1) is 29.8 Å². The minimum Gasteiger partial charge on any atom is -0.463 e. The van der Waals surface area contributed by atoms with Gasteiger partial charge in [0.15, 0.2) is 5.11 Å². The van der Waals surface area contributed by atoms with Crippen LogP contribution in [0.2, 0.25) is 0 Å². The first kappa shape index (κ1) is 18.3. The quantitative estimate of drug-likeness (QED) is 0.577. The summed E-state index contributed by atoms with van der Waals surface area (Å²) in [6, 6.07) is 0.986. The Bertz CT molecular complexity index is 465. The van der Waals surface area contributed by atoms with Crippen molar-refractivity contribution >= 4 is 23.4 Å². The topological polar surface area (TPSA) is 77.9 Å². The lowest BCUT2D eigenvalue weighted by molar-refractivity contribution is 0.205. The first-order chi connectivity index (χ1) is 10.7. The number of aliphatic imine (C=N–C) groups is 1. The zero-order valence-corrected chi connectivity index (χ0v) is 15.4. The van der Waals surface area contributed by atoms with E-state index in [0.717, 1.165) is 12.8 Å². The van der Waals surface area contributed by atoms with Crippen molar-refractivity contribution in [3.8, 4) is 0 Å². The molecule has 1 saturated carbocycles. The number of thiocarbonyl (C=S) groups is 1. The summed E-state index contributed by atoms with van der Waals surface area (Å²) >= 11 is 5.39. The first-order valence-electron chi connectivity index (χ1n) is 8.39. The summed E-state index contributed by atoms with van der Waals surface area (Å²) in [5, 5.41) is 19.8. The van der Waals surface area contributed by atoms with Crippen molar-refractivity contribution in [3.05, 3.63) is 0 Å². The van der Waals surface area contributed by atoms with Gasteiger partial charge in [-0.3, -0.25) is 0 Å². The molecule has 0 spiro atoms. The zero-order valence-electron chi connectivity index (χ0n) is 14.6. The van der Waals surface area contributed by atoms with E-state index in [2.05, 4.69) is 29.8 Å². The molecule has 4 N–H and O–H groups in total. The molecule has 2 atom stereocenters. The predicted octanol–water partition coefficient (Wildman–Crippen LogP) is 1.29. The number of nitrogens with one attached hydrogen (secondary N) is 3. The number of hydrogen-bond donors (Lipinski definition) is 4. The van der Waals surface area contributed by atoms with E-state index in [9.17, 15) is 5.11 Å². The molecule has 0 radical (unpaired) electrons. The van der Waals surface area contributed by atoms with Gasteiger partial charge in [-0.15, -0.1) is 0 Å². The standard InChI is InChI=1S/C16H30N4O2S/c1-15(2,9-21)20-14(23)18-12-8-6-5-7-11(12)17-13-19-16(3,4)10-22-13/h11-12,21H,5-10H2,1-4H3,(H,17,19)(H2,18,20,23)/t11-,12-/m1/s1. The van der Waals surface area contributed by atoms with Gasteiger partial charge >= 0.3 is 0 Å². The molecule has 1 aliphatic carbocycles. The first-order valence-corrected chi connectivity index (χ1v) is 8.80. The Labute approximate surface area is 144 Å². The highest BCUT2D eigenvalue weighted by Crippen LogP contribution is 2.23. The summed E-state index contributed by atoms with van der Waals surface area (Å²) in [4.78, 5) is 4.77. The number of amidine groups is 1. The van der Waals surface area contributed by atoms with Crippen LogP contribution in [0.5, 0.6) is 0 Å². The molecule has 132 valence electrons. The maximum Gasteiger partial charge on any atom is 0.285 e. The average Bonchev–Trinajstić information content (AvgIpc) is 2.79. The van der Waals surface area contributed by atoms with E-state index in [1.807, 2.05) is 13.8 Å². The van der Waals surface area contributed by atoms with E-state index in [4.69, 9.17) is 21.9 Å². The Balaban J connectivity index is 1.96. The van der Waals surface area contributed by atoms with Crippen molar-refractivity contribution in [1.29, 1.82) is 0 Å². The van der Waals surface area contributed by atoms with Gasteiger partial charge in [0.25, 0.3) is 6.02 Å². The molecule has 7 heteroatoms. The predicted molar refractivity (Wildman–Crippen MR) is 96.7 cm³/mol. The van der Waals surface area contributed by atoms with Crippen molar-refractivity contribution in [2.45, 2.75) is 76.5 Å². The molecular weight excluding hydrogens is 312 g/mol. The van der Waals surface area contributed by atoms with E-state index in [1.54, 1.807) is 0 Å². The summed E-state index contributed by atoms with van der Waals surface area (Å²) < 4.78 is 5.65. The average molecular weight is 343 g/mol. The highest BCUT2D eigenvalue weighted by Gasteiger charge is 2.32. The molecule has 6 nitrogen and oxygen atoms in total. The van der Waals surface area contributed by atoms with Crippen LogP contribution in [-0.4, -0.2) is 52.6 Å². The number of aliphatic hydroxyl groups excluding tert-OH is 1. The van der Waals surface area contributed by atoms with Crippen LogP contribution in [0.1, 0.15) is 53.4 Å². The van der Waals surface area contributed by atoms with Crippen LogP contribution in [0.3, 0.4) is 0 Å². The van der Waals surface area contributed by atoms with Gasteiger partial charge in [0.2, 0.25) is 0 Å². The van der Waals surface area contributed by atoms with Gasteiger partial charge in [-0.25, -0.2) is 4.99 Å². The van der Waals surface area contributed by atoms with E-state index >= 15 is 0 Å². The number of hydrogen-bond acceptors (Lipinski definition) is 4. The van der Waals surface area contributed by atoms with Crippen molar-refractivity contribution in [1.82, 2.24) is 16.0 Å². The van der Waals surface area contributed by atoms with Crippen LogP contribution >= 0.6 is 12.2 Å². The molecule has 1 saturated heterocycles. The molecule has 2 aliphatic rings. The summed E-state index contributed by atoms with van der Waals surface area (Å²) in [5.74, 6) is 0. The molecule has 0 amide bonds. The maximum absolute atomic E-state index is 9.34. The van der Waals surface area contributed by atoms with Gasteiger partial charge in [0, 0.05) is 0 Å². The molecule has 1 heterocycles. The Morgan fingerprint density at radius 3 is 2.74 bits per heavy atom. The summed E-state index contributed by atoms with van der Waals surface area (Å²) in [6.07, 6.45) is 4.40. The molecule has 0 aromatic heterocycles. The van der Waals surface area contributed by atoms with Crippen molar-refractivity contribution in [3.63, 3.8) is 0 Å². The lowest BCUT2D eigenvalue weighted by atomic mass is 9.91. The highest BCUT2D eigenvalue weighted by atomic mass is 32.1. The van der Waals surface area contributed by atoms with Crippen molar-refractivity contribution in [2.24, 2.45) is 4.99 Å². The molecule has 1 aliphatic heterocycles. The lowest BCUT2D eigenvalue weighted by Gasteiger charge is -2.33.